The molecule has 0 radical (unpaired) electrons. The number of unbranched alkanes of at least 4 members (excludes halogenated alkanes) is 3. The molecule has 1 aromatic rings. The number of nitrogens with one attached hydrogen (secondary N) is 7. The van der Waals surface area contributed by atoms with Crippen LogP contribution in [0.1, 0.15) is 146 Å². The minimum absolute atomic E-state index is 0.00774. The Bertz CT molecular complexity index is 1730. The Kier molecular flexibility index (Phi) is 25.7. The van der Waals surface area contributed by atoms with Gasteiger partial charge in [-0.05, 0) is 146 Å². The molecule has 0 aliphatic carbocycles. The number of hydrogen-bond donors (Lipinski definition) is 7. The van der Waals surface area contributed by atoms with Crippen molar-refractivity contribution in [2.24, 2.45) is 0 Å². The van der Waals surface area contributed by atoms with Crippen LogP contribution in [-0.4, -0.2) is 115 Å². The fourth-order valence-corrected chi connectivity index (χ4v) is 5.81. The van der Waals surface area contributed by atoms with Crippen molar-refractivity contribution < 1.29 is 62.0 Å². The van der Waals surface area contributed by atoms with Gasteiger partial charge in [0, 0.05) is 19.6 Å². The monoisotopic (exact) mass is 950 g/mol. The zero-order valence-electron chi connectivity index (χ0n) is 41.8. The van der Waals surface area contributed by atoms with Crippen LogP contribution in [0.25, 0.3) is 0 Å². The van der Waals surface area contributed by atoms with E-state index in [9.17, 15) is 38.4 Å². The van der Waals surface area contributed by atoms with Gasteiger partial charge in [0.1, 0.15) is 53.7 Å². The number of carbonyl (C=O) groups is 8. The van der Waals surface area contributed by atoms with Crippen molar-refractivity contribution in [3.05, 3.63) is 35.9 Å². The van der Waals surface area contributed by atoms with Crippen molar-refractivity contribution in [3.8, 4) is 0 Å². The highest BCUT2D eigenvalue weighted by Crippen LogP contribution is 2.13. The number of hydrogen-bond acceptors (Lipinski definition) is 13. The van der Waals surface area contributed by atoms with Crippen LogP contribution in [0.2, 0.25) is 0 Å². The van der Waals surface area contributed by atoms with Crippen LogP contribution in [0, 0.1) is 0 Å². The van der Waals surface area contributed by atoms with Crippen LogP contribution in [0.4, 0.5) is 19.2 Å². The molecule has 0 fully saturated rings. The summed E-state index contributed by atoms with van der Waals surface area (Å²) in [6.45, 7) is 20.8. The summed E-state index contributed by atoms with van der Waals surface area (Å²) in [6, 6.07) is 5.70. The second-order valence-electron chi connectivity index (χ2n) is 20.0. The lowest BCUT2D eigenvalue weighted by atomic mass is 10.1. The predicted molar refractivity (Wildman–Crippen MR) is 251 cm³/mol. The number of rotatable bonds is 25. The Balaban J connectivity index is 3.07. The first-order valence-electron chi connectivity index (χ1n) is 23.0. The van der Waals surface area contributed by atoms with Crippen LogP contribution >= 0.6 is 0 Å². The first-order chi connectivity index (χ1) is 31.0. The Hall–Kier alpha value is -5.82. The molecule has 0 heterocycles. The Labute approximate surface area is 396 Å². The summed E-state index contributed by atoms with van der Waals surface area (Å²) in [6.07, 6.45) is 0.0531. The third kappa shape index (κ3) is 31.7. The lowest BCUT2D eigenvalue weighted by Crippen LogP contribution is -2.54. The normalized spacial score (nSPS) is 13.0. The van der Waals surface area contributed by atoms with Gasteiger partial charge in [0.25, 0.3) is 0 Å². The number of carbonyl (C=O) groups excluding carboxylic acids is 8. The highest BCUT2D eigenvalue weighted by molar-refractivity contribution is 5.92. The molecule has 0 aliphatic rings. The second-order valence-corrected chi connectivity index (χ2v) is 20.0. The minimum atomic E-state index is -1.18. The maximum atomic E-state index is 13.9. The maximum absolute atomic E-state index is 13.9. The van der Waals surface area contributed by atoms with E-state index in [2.05, 4.69) is 37.2 Å². The summed E-state index contributed by atoms with van der Waals surface area (Å²) in [7, 11) is 0. The summed E-state index contributed by atoms with van der Waals surface area (Å²) in [4.78, 5) is 103. The lowest BCUT2D eigenvalue weighted by Gasteiger charge is -2.25. The SMILES string of the molecule is CC(C)(C)OC(=O)NCCCCC(NC(=O)OC(C)(C)C)C(=O)NCCCCC(NC(=O)C(CCCCNC(=O)OC(C)(C)C)NC(=O)OC(C)(C)C)C(=O)NCC(=O)OCc1ccccc1. The highest BCUT2D eigenvalue weighted by atomic mass is 16.6. The van der Waals surface area contributed by atoms with Gasteiger partial charge in [-0.3, -0.25) is 19.2 Å². The molecule has 0 saturated carbocycles. The molecule has 3 atom stereocenters. The van der Waals surface area contributed by atoms with Gasteiger partial charge in [-0.15, -0.1) is 0 Å². The Morgan fingerprint density at radius 1 is 0.433 bits per heavy atom. The maximum Gasteiger partial charge on any atom is 0.408 e. The molecule has 3 unspecified atom stereocenters. The fraction of sp³-hybridized carbons (Fsp3) is 0.702. The van der Waals surface area contributed by atoms with E-state index in [1.807, 2.05) is 6.07 Å². The van der Waals surface area contributed by atoms with Crippen molar-refractivity contribution in [1.29, 1.82) is 0 Å². The molecule has 20 heteroatoms. The molecule has 20 nitrogen and oxygen atoms in total. The zero-order valence-corrected chi connectivity index (χ0v) is 41.8. The van der Waals surface area contributed by atoms with Gasteiger partial charge in [0.05, 0.1) is 0 Å². The van der Waals surface area contributed by atoms with E-state index in [1.54, 1.807) is 107 Å². The van der Waals surface area contributed by atoms with E-state index in [1.165, 1.54) is 0 Å². The van der Waals surface area contributed by atoms with E-state index >= 15 is 0 Å². The first kappa shape index (κ1) is 59.2. The largest absolute Gasteiger partial charge is 0.460 e. The van der Waals surface area contributed by atoms with Crippen molar-refractivity contribution in [2.75, 3.05) is 26.2 Å². The number of amides is 7. The Morgan fingerprint density at radius 2 is 0.791 bits per heavy atom. The third-order valence-corrected chi connectivity index (χ3v) is 8.69. The van der Waals surface area contributed by atoms with Gasteiger partial charge in [-0.1, -0.05) is 30.3 Å². The summed E-state index contributed by atoms with van der Waals surface area (Å²) < 4.78 is 26.6. The van der Waals surface area contributed by atoms with Crippen molar-refractivity contribution >= 4 is 48.1 Å². The standard InChI is InChI=1S/C47H79N7O13/c1-44(2,3)64-40(59)49-28-20-17-25-34(53-42(61)66-46(7,8)9)37(56)48-27-19-16-24-33(38(57)51-30-36(55)63-31-32-22-14-13-15-23-32)52-39(58)35(54-43(62)67-47(10,11)12)26-18-21-29-50-41(60)65-45(4,5)6/h13-15,22-23,33-35H,16-21,24-31H2,1-12H3,(H,48,56)(H,49,59)(H,50,60)(H,51,57)(H,52,58)(H,53,61)(H,54,62). The quantitative estimate of drug-likeness (QED) is 0.0348. The summed E-state index contributed by atoms with van der Waals surface area (Å²) in [5, 5.41) is 18.6. The highest BCUT2D eigenvalue weighted by Gasteiger charge is 2.29. The molecule has 7 N–H and O–H groups in total. The molecule has 0 bridgehead atoms. The minimum Gasteiger partial charge on any atom is -0.460 e. The molecule has 1 rings (SSSR count). The van der Waals surface area contributed by atoms with Crippen LogP contribution in [0.5, 0.6) is 0 Å². The van der Waals surface area contributed by atoms with Gasteiger partial charge < -0.3 is 60.9 Å². The Morgan fingerprint density at radius 3 is 1.21 bits per heavy atom. The van der Waals surface area contributed by atoms with Crippen molar-refractivity contribution in [2.45, 2.75) is 188 Å². The van der Waals surface area contributed by atoms with Crippen molar-refractivity contribution in [3.63, 3.8) is 0 Å². The van der Waals surface area contributed by atoms with E-state index in [-0.39, 0.29) is 39.0 Å². The summed E-state index contributed by atoms with van der Waals surface area (Å²) in [5.41, 5.74) is -2.26. The van der Waals surface area contributed by atoms with E-state index in [0.29, 0.717) is 45.1 Å². The molecule has 0 aliphatic heterocycles. The molecule has 0 saturated heterocycles. The topological polar surface area (TPSA) is 267 Å². The fourth-order valence-electron chi connectivity index (χ4n) is 5.81. The predicted octanol–water partition coefficient (Wildman–Crippen LogP) is 5.79. The van der Waals surface area contributed by atoms with E-state index in [4.69, 9.17) is 23.7 Å². The zero-order chi connectivity index (χ0) is 50.8. The van der Waals surface area contributed by atoms with Gasteiger partial charge in [-0.2, -0.15) is 0 Å². The third-order valence-electron chi connectivity index (χ3n) is 8.69. The molecular weight excluding hydrogens is 871 g/mol. The van der Waals surface area contributed by atoms with Crippen LogP contribution in [0.3, 0.4) is 0 Å². The molecule has 0 aromatic heterocycles. The molecule has 67 heavy (non-hydrogen) atoms. The average Bonchev–Trinajstić information content (AvgIpc) is 3.17. The smallest absolute Gasteiger partial charge is 0.408 e. The summed E-state index contributed by atoms with van der Waals surface area (Å²) in [5.74, 6) is -2.55. The van der Waals surface area contributed by atoms with Crippen molar-refractivity contribution in [1.82, 2.24) is 37.2 Å². The van der Waals surface area contributed by atoms with E-state index in [0.717, 1.165) is 5.56 Å². The van der Waals surface area contributed by atoms with Crippen LogP contribution < -0.4 is 37.2 Å². The average molecular weight is 950 g/mol. The van der Waals surface area contributed by atoms with Gasteiger partial charge in [0.15, 0.2) is 0 Å². The molecule has 7 amide bonds. The molecule has 380 valence electrons. The number of benzene rings is 1. The van der Waals surface area contributed by atoms with Crippen LogP contribution in [-0.2, 0) is 49.5 Å². The van der Waals surface area contributed by atoms with Gasteiger partial charge in [0.2, 0.25) is 17.7 Å². The summed E-state index contributed by atoms with van der Waals surface area (Å²) >= 11 is 0. The van der Waals surface area contributed by atoms with Crippen LogP contribution in [0.15, 0.2) is 30.3 Å². The molecular formula is C47H79N7O13. The van der Waals surface area contributed by atoms with Gasteiger partial charge >= 0.3 is 30.3 Å². The number of esters is 1. The lowest BCUT2D eigenvalue weighted by molar-refractivity contribution is -0.145. The second kappa shape index (κ2) is 29.0. The first-order valence-corrected chi connectivity index (χ1v) is 23.0. The number of ether oxygens (including phenoxy) is 5. The molecule has 0 spiro atoms. The van der Waals surface area contributed by atoms with Gasteiger partial charge in [-0.25, -0.2) is 19.2 Å². The molecule has 1 aromatic carbocycles. The van der Waals surface area contributed by atoms with E-state index < -0.39 is 95.1 Å². The number of alkyl carbamates (subject to hydrolysis) is 4.